The van der Waals surface area contributed by atoms with Crippen LogP contribution in [0.1, 0.15) is 63.0 Å². The third kappa shape index (κ3) is 9.12. The number of carbonyl (C=O) groups is 2. The van der Waals surface area contributed by atoms with Gasteiger partial charge >= 0.3 is 0 Å². The summed E-state index contributed by atoms with van der Waals surface area (Å²) in [5.41, 5.74) is 3.65. The van der Waals surface area contributed by atoms with Crippen LogP contribution in [0.3, 0.4) is 0 Å². The number of unbranched alkanes of at least 4 members (excludes halogenated alkanes) is 1. The van der Waals surface area contributed by atoms with E-state index in [1.165, 1.54) is 6.92 Å². The van der Waals surface area contributed by atoms with Crippen LogP contribution < -0.4 is 14.8 Å². The Morgan fingerprint density at radius 3 is 2.12 bits per heavy atom. The van der Waals surface area contributed by atoms with Crippen LogP contribution in [0.15, 0.2) is 77.2 Å². The summed E-state index contributed by atoms with van der Waals surface area (Å²) in [7, 11) is 3.32. The highest BCUT2D eigenvalue weighted by Gasteiger charge is 2.19. The quantitative estimate of drug-likeness (QED) is 0.213. The average Bonchev–Trinajstić information content (AvgIpc) is 3.44. The maximum Gasteiger partial charge on any atom is 0.227 e. The van der Waals surface area contributed by atoms with Crippen LogP contribution in [-0.4, -0.2) is 30.9 Å². The number of ether oxygens (including phenoxy) is 2. The van der Waals surface area contributed by atoms with Gasteiger partial charge in [0.15, 0.2) is 17.2 Å². The minimum Gasteiger partial charge on any atom is -0.497 e. The molecule has 0 unspecified atom stereocenters. The summed E-state index contributed by atoms with van der Waals surface area (Å²) in [4.78, 5) is 28.2. The number of methoxy groups -OCH3 is 2. The molecule has 0 saturated carbocycles. The Kier molecular flexibility index (Phi) is 13.2. The van der Waals surface area contributed by atoms with Gasteiger partial charge in [-0.2, -0.15) is 0 Å². The molecule has 1 aromatic heterocycles. The molecule has 0 bridgehead atoms. The van der Waals surface area contributed by atoms with Crippen LogP contribution in [0.2, 0.25) is 0 Å². The van der Waals surface area contributed by atoms with E-state index < -0.39 is 0 Å². The van der Waals surface area contributed by atoms with Crippen molar-refractivity contribution >= 4 is 17.4 Å². The normalized spacial score (nSPS) is 9.88. The van der Waals surface area contributed by atoms with E-state index in [1.807, 2.05) is 81.4 Å². The lowest BCUT2D eigenvalue weighted by Crippen LogP contribution is -2.10. The number of rotatable bonds is 9. The second-order valence-corrected chi connectivity index (χ2v) is 8.68. The molecule has 0 radical (unpaired) electrons. The third-order valence-corrected chi connectivity index (χ3v) is 5.77. The lowest BCUT2D eigenvalue weighted by atomic mass is 10.1. The van der Waals surface area contributed by atoms with E-state index in [9.17, 15) is 9.59 Å². The maximum atomic E-state index is 12.0. The second kappa shape index (κ2) is 16.5. The predicted molar refractivity (Wildman–Crippen MR) is 161 cm³/mol. The molecule has 7 heteroatoms. The van der Waals surface area contributed by atoms with Crippen LogP contribution in [0.5, 0.6) is 11.5 Å². The molecule has 7 nitrogen and oxygen atoms in total. The fraction of sp³-hybridized carbons (Fsp3) is 0.303. The van der Waals surface area contributed by atoms with Gasteiger partial charge in [0.1, 0.15) is 11.5 Å². The van der Waals surface area contributed by atoms with Gasteiger partial charge in [-0.15, -0.1) is 0 Å². The average molecular weight is 545 g/mol. The van der Waals surface area contributed by atoms with E-state index in [1.54, 1.807) is 26.4 Å². The number of hydrogen-bond acceptors (Lipinski definition) is 6. The first-order valence-electron chi connectivity index (χ1n) is 13.5. The Labute approximate surface area is 237 Å². The summed E-state index contributed by atoms with van der Waals surface area (Å²) in [5, 5.41) is 2.87. The summed E-state index contributed by atoms with van der Waals surface area (Å²) in [6.07, 6.45) is 2.36. The van der Waals surface area contributed by atoms with Gasteiger partial charge in [0.25, 0.3) is 0 Å². The minimum absolute atomic E-state index is 0.0000501. The SMILES string of the molecule is CC.CCCCC(=O)Nc1ccc(-c2oc(-c3ccccc3)nc2C(C)=O)cc1.COc1ccc(OC)c(C)c1. The molecule has 1 heterocycles. The van der Waals surface area contributed by atoms with E-state index in [0.29, 0.717) is 29.5 Å². The number of nitrogens with zero attached hydrogens (tertiary/aromatic N) is 1. The van der Waals surface area contributed by atoms with Crippen molar-refractivity contribution in [3.05, 3.63) is 84.1 Å². The third-order valence-electron chi connectivity index (χ3n) is 5.77. The number of Topliss-reactive ketones (excluding diaryl/α,β-unsaturated/α-hetero) is 1. The van der Waals surface area contributed by atoms with Crippen molar-refractivity contribution in [2.45, 2.75) is 53.9 Å². The van der Waals surface area contributed by atoms with Crippen molar-refractivity contribution in [3.63, 3.8) is 0 Å². The number of oxazole rings is 1. The van der Waals surface area contributed by atoms with Crippen molar-refractivity contribution < 1.29 is 23.5 Å². The van der Waals surface area contributed by atoms with E-state index >= 15 is 0 Å². The van der Waals surface area contributed by atoms with E-state index in [0.717, 1.165) is 41.0 Å². The Hall–Kier alpha value is -4.39. The highest BCUT2D eigenvalue weighted by atomic mass is 16.5. The van der Waals surface area contributed by atoms with Gasteiger partial charge in [0, 0.05) is 30.2 Å². The summed E-state index contributed by atoms with van der Waals surface area (Å²) < 4.78 is 16.0. The van der Waals surface area contributed by atoms with Crippen LogP contribution >= 0.6 is 0 Å². The predicted octanol–water partition coefficient (Wildman–Crippen LogP) is 8.38. The van der Waals surface area contributed by atoms with Crippen molar-refractivity contribution in [1.82, 2.24) is 4.98 Å². The molecule has 0 saturated heterocycles. The van der Waals surface area contributed by atoms with Crippen molar-refractivity contribution in [2.24, 2.45) is 0 Å². The van der Waals surface area contributed by atoms with Crippen molar-refractivity contribution in [3.8, 4) is 34.3 Å². The first-order chi connectivity index (χ1) is 19.4. The zero-order valence-corrected chi connectivity index (χ0v) is 24.5. The number of benzene rings is 3. The zero-order valence-electron chi connectivity index (χ0n) is 24.5. The number of anilines is 1. The second-order valence-electron chi connectivity index (χ2n) is 8.68. The van der Waals surface area contributed by atoms with E-state index in [2.05, 4.69) is 17.2 Å². The number of aryl methyl sites for hydroxylation is 1. The molecule has 0 spiro atoms. The van der Waals surface area contributed by atoms with Gasteiger partial charge in [-0.1, -0.05) is 45.4 Å². The van der Waals surface area contributed by atoms with Gasteiger partial charge in [-0.25, -0.2) is 4.98 Å². The van der Waals surface area contributed by atoms with Gasteiger partial charge in [-0.05, 0) is 73.5 Å². The Balaban J connectivity index is 0.000000360. The molecule has 3 aromatic carbocycles. The van der Waals surface area contributed by atoms with Crippen LogP contribution in [0, 0.1) is 6.92 Å². The van der Waals surface area contributed by atoms with Gasteiger partial charge < -0.3 is 19.2 Å². The number of amides is 1. The number of aromatic nitrogens is 1. The monoisotopic (exact) mass is 544 g/mol. The number of carbonyl (C=O) groups excluding carboxylic acids is 2. The molecule has 0 fully saturated rings. The molecule has 4 rings (SSSR count). The molecule has 0 atom stereocenters. The molecule has 1 amide bonds. The molecule has 0 aliphatic heterocycles. The van der Waals surface area contributed by atoms with Gasteiger partial charge in [0.05, 0.1) is 14.2 Å². The molecule has 0 aliphatic rings. The maximum absolute atomic E-state index is 12.0. The summed E-state index contributed by atoms with van der Waals surface area (Å²) in [6.45, 7) is 9.51. The summed E-state index contributed by atoms with van der Waals surface area (Å²) >= 11 is 0. The Morgan fingerprint density at radius 1 is 0.900 bits per heavy atom. The minimum atomic E-state index is -0.159. The number of hydrogen-bond donors (Lipinski definition) is 1. The highest BCUT2D eigenvalue weighted by Crippen LogP contribution is 2.31. The smallest absolute Gasteiger partial charge is 0.227 e. The largest absolute Gasteiger partial charge is 0.497 e. The Morgan fingerprint density at radius 2 is 1.57 bits per heavy atom. The number of nitrogens with one attached hydrogen (secondary N) is 1. The first kappa shape index (κ1) is 31.8. The zero-order chi connectivity index (χ0) is 29.5. The molecular weight excluding hydrogens is 504 g/mol. The van der Waals surface area contributed by atoms with Crippen molar-refractivity contribution in [2.75, 3.05) is 19.5 Å². The molecule has 212 valence electrons. The first-order valence-corrected chi connectivity index (χ1v) is 13.5. The summed E-state index contributed by atoms with van der Waals surface area (Å²) in [6, 6.07) is 22.4. The lowest BCUT2D eigenvalue weighted by molar-refractivity contribution is -0.116. The van der Waals surface area contributed by atoms with Gasteiger partial charge in [0.2, 0.25) is 11.8 Å². The topological polar surface area (TPSA) is 90.7 Å². The fourth-order valence-corrected chi connectivity index (χ4v) is 3.70. The molecule has 4 aromatic rings. The fourth-order valence-electron chi connectivity index (χ4n) is 3.70. The van der Waals surface area contributed by atoms with Crippen LogP contribution in [0.4, 0.5) is 5.69 Å². The molecular formula is C33H40N2O5. The summed E-state index contributed by atoms with van der Waals surface area (Å²) in [5.74, 6) is 2.44. The van der Waals surface area contributed by atoms with E-state index in [4.69, 9.17) is 13.9 Å². The standard InChI is InChI=1S/C22H22N2O3.C9H12O2.C2H6/c1-3-4-10-19(26)23-18-13-11-16(12-14-18)21-20(15(2)25)24-22(27-21)17-8-6-5-7-9-17;1-7-6-8(10-2)4-5-9(7)11-3;1-2/h5-9,11-14H,3-4,10H2,1-2H3,(H,23,26);4-6H,1-3H3;1-2H3. The molecule has 0 aliphatic carbocycles. The molecule has 1 N–H and O–H groups in total. The van der Waals surface area contributed by atoms with Crippen LogP contribution in [0.25, 0.3) is 22.8 Å². The Bertz CT molecular complexity index is 1350. The van der Waals surface area contributed by atoms with Gasteiger partial charge in [-0.3, -0.25) is 9.59 Å². The van der Waals surface area contributed by atoms with Crippen LogP contribution in [-0.2, 0) is 4.79 Å². The van der Waals surface area contributed by atoms with E-state index in [-0.39, 0.29) is 11.7 Å². The highest BCUT2D eigenvalue weighted by molar-refractivity contribution is 5.98. The molecule has 40 heavy (non-hydrogen) atoms. The number of ketones is 1. The lowest BCUT2D eigenvalue weighted by Gasteiger charge is -2.05. The van der Waals surface area contributed by atoms with Crippen molar-refractivity contribution in [1.29, 1.82) is 0 Å².